The molecule has 116 valence electrons. The zero-order valence-corrected chi connectivity index (χ0v) is 13.1. The minimum Gasteiger partial charge on any atom is -0.488 e. The highest BCUT2D eigenvalue weighted by Gasteiger charge is 2.24. The fourth-order valence-corrected chi connectivity index (χ4v) is 3.36. The molecule has 1 aliphatic heterocycles. The van der Waals surface area contributed by atoms with Crippen LogP contribution in [-0.4, -0.2) is 31.2 Å². The minimum absolute atomic E-state index is 0.145. The topological polar surface area (TPSA) is 56.8 Å². The van der Waals surface area contributed by atoms with Crippen molar-refractivity contribution in [2.45, 2.75) is 27.2 Å². The lowest BCUT2D eigenvalue weighted by molar-refractivity contribution is -0.912. The molecular formula is C16H25N2O3+. The molecule has 0 aromatic heterocycles. The summed E-state index contributed by atoms with van der Waals surface area (Å²) in [6, 6.07) is 4.94. The van der Waals surface area contributed by atoms with E-state index in [0.717, 1.165) is 24.1 Å². The Morgan fingerprint density at radius 2 is 2.00 bits per heavy atom. The van der Waals surface area contributed by atoms with Crippen LogP contribution in [0.15, 0.2) is 18.2 Å². The summed E-state index contributed by atoms with van der Waals surface area (Å²) in [4.78, 5) is 12.0. The zero-order valence-electron chi connectivity index (χ0n) is 13.1. The Hall–Kier alpha value is -1.62. The van der Waals surface area contributed by atoms with Gasteiger partial charge in [0.15, 0.2) is 0 Å². The van der Waals surface area contributed by atoms with Crippen LogP contribution in [0.4, 0.5) is 5.69 Å². The summed E-state index contributed by atoms with van der Waals surface area (Å²) < 4.78 is 5.75. The summed E-state index contributed by atoms with van der Waals surface area (Å²) in [5.41, 5.74) is 0.789. The fourth-order valence-electron chi connectivity index (χ4n) is 3.36. The Labute approximate surface area is 126 Å². The van der Waals surface area contributed by atoms with Crippen molar-refractivity contribution in [3.8, 4) is 5.75 Å². The lowest BCUT2D eigenvalue weighted by atomic mass is 9.92. The van der Waals surface area contributed by atoms with Gasteiger partial charge in [-0.3, -0.25) is 10.1 Å². The Morgan fingerprint density at radius 3 is 2.57 bits per heavy atom. The number of nitrogens with one attached hydrogen (secondary N) is 1. The van der Waals surface area contributed by atoms with Crippen molar-refractivity contribution < 1.29 is 14.6 Å². The van der Waals surface area contributed by atoms with E-state index in [1.165, 1.54) is 25.6 Å². The van der Waals surface area contributed by atoms with Crippen LogP contribution < -0.4 is 9.64 Å². The predicted octanol–water partition coefficient (Wildman–Crippen LogP) is 1.84. The Morgan fingerprint density at radius 1 is 1.33 bits per heavy atom. The first-order chi connectivity index (χ1) is 9.95. The molecule has 1 aromatic carbocycles. The van der Waals surface area contributed by atoms with Gasteiger partial charge in [-0.05, 0) is 25.5 Å². The van der Waals surface area contributed by atoms with Gasteiger partial charge in [-0.2, -0.15) is 0 Å². The van der Waals surface area contributed by atoms with Crippen LogP contribution in [-0.2, 0) is 0 Å². The second kappa shape index (κ2) is 6.89. The molecule has 1 fully saturated rings. The molecule has 0 amide bonds. The van der Waals surface area contributed by atoms with Gasteiger partial charge in [0.2, 0.25) is 0 Å². The Balaban J connectivity index is 1.83. The van der Waals surface area contributed by atoms with Gasteiger partial charge in [-0.25, -0.2) is 0 Å². The van der Waals surface area contributed by atoms with Crippen molar-refractivity contribution in [2.24, 2.45) is 11.8 Å². The van der Waals surface area contributed by atoms with E-state index < -0.39 is 0 Å². The van der Waals surface area contributed by atoms with E-state index in [0.29, 0.717) is 12.2 Å². The molecule has 0 aliphatic carbocycles. The molecule has 2 rings (SSSR count). The van der Waals surface area contributed by atoms with Crippen LogP contribution in [0.2, 0.25) is 0 Å². The molecule has 2 atom stereocenters. The number of hydrogen-bond donors (Lipinski definition) is 1. The Bertz CT molecular complexity index is 494. The van der Waals surface area contributed by atoms with Gasteiger partial charge in [0.1, 0.15) is 18.9 Å². The van der Waals surface area contributed by atoms with Crippen molar-refractivity contribution in [1.29, 1.82) is 0 Å². The van der Waals surface area contributed by atoms with E-state index >= 15 is 0 Å². The van der Waals surface area contributed by atoms with Gasteiger partial charge >= 0.3 is 0 Å². The normalized spacial score (nSPS) is 25.6. The van der Waals surface area contributed by atoms with Crippen LogP contribution in [0.5, 0.6) is 5.75 Å². The van der Waals surface area contributed by atoms with Crippen LogP contribution in [0.1, 0.15) is 25.8 Å². The first-order valence-electron chi connectivity index (χ1n) is 7.67. The Kier molecular flexibility index (Phi) is 5.17. The smallest absolute Gasteiger partial charge is 0.272 e. The van der Waals surface area contributed by atoms with Crippen LogP contribution >= 0.6 is 0 Å². The first kappa shape index (κ1) is 15.8. The summed E-state index contributed by atoms with van der Waals surface area (Å²) in [5, 5.41) is 10.8. The van der Waals surface area contributed by atoms with Crippen molar-refractivity contribution in [2.75, 3.05) is 26.2 Å². The zero-order chi connectivity index (χ0) is 15.4. The van der Waals surface area contributed by atoms with Gasteiger partial charge in [0.25, 0.3) is 5.69 Å². The van der Waals surface area contributed by atoms with Crippen LogP contribution in [0.3, 0.4) is 0 Å². The molecule has 1 heterocycles. The highest BCUT2D eigenvalue weighted by atomic mass is 16.6. The second-order valence-electron chi connectivity index (χ2n) is 6.41. The summed E-state index contributed by atoms with van der Waals surface area (Å²) in [6.45, 7) is 10.5. The molecule has 1 aliphatic rings. The third-order valence-electron chi connectivity index (χ3n) is 4.17. The molecule has 5 heteroatoms. The van der Waals surface area contributed by atoms with Gasteiger partial charge in [0, 0.05) is 23.5 Å². The molecule has 1 saturated heterocycles. The van der Waals surface area contributed by atoms with Crippen molar-refractivity contribution in [3.63, 3.8) is 0 Å². The summed E-state index contributed by atoms with van der Waals surface area (Å²) in [7, 11) is 0. The predicted molar refractivity (Wildman–Crippen MR) is 81.8 cm³/mol. The number of nitro groups is 1. The molecule has 21 heavy (non-hydrogen) atoms. The number of hydrogen-bond acceptors (Lipinski definition) is 3. The molecule has 5 nitrogen and oxygen atoms in total. The maximum Gasteiger partial charge on any atom is 0.272 e. The SMILES string of the molecule is Cc1cc(OCC[NH+]2C[C@H](C)C[C@@H](C)C2)ccc1[N+](=O)[O-]. The molecule has 1 N–H and O–H groups in total. The maximum absolute atomic E-state index is 10.8. The molecule has 0 spiro atoms. The first-order valence-corrected chi connectivity index (χ1v) is 7.67. The van der Waals surface area contributed by atoms with Crippen molar-refractivity contribution in [3.05, 3.63) is 33.9 Å². The highest BCUT2D eigenvalue weighted by Crippen LogP contribution is 2.22. The van der Waals surface area contributed by atoms with E-state index in [9.17, 15) is 10.1 Å². The number of likely N-dealkylation sites (tertiary alicyclic amines) is 1. The largest absolute Gasteiger partial charge is 0.488 e. The number of nitrogens with zero attached hydrogens (tertiary/aromatic N) is 1. The summed E-state index contributed by atoms with van der Waals surface area (Å²) >= 11 is 0. The molecular weight excluding hydrogens is 268 g/mol. The van der Waals surface area contributed by atoms with E-state index in [1.54, 1.807) is 24.0 Å². The standard InChI is InChI=1S/C16H24N2O3/c1-12-8-13(2)11-17(10-12)6-7-21-15-4-5-16(18(19)20)14(3)9-15/h4-5,9,12-13H,6-8,10-11H2,1-3H3/p+1/t12-,13-/m1/s1. The maximum atomic E-state index is 10.8. The molecule has 0 saturated carbocycles. The van der Waals surface area contributed by atoms with E-state index in [2.05, 4.69) is 13.8 Å². The van der Waals surface area contributed by atoms with Crippen molar-refractivity contribution >= 4 is 5.69 Å². The highest BCUT2D eigenvalue weighted by molar-refractivity contribution is 5.44. The monoisotopic (exact) mass is 293 g/mol. The number of rotatable bonds is 5. The molecule has 0 radical (unpaired) electrons. The number of aryl methyl sites for hydroxylation is 1. The van der Waals surface area contributed by atoms with E-state index in [-0.39, 0.29) is 10.6 Å². The third-order valence-corrected chi connectivity index (χ3v) is 4.17. The molecule has 0 unspecified atom stereocenters. The van der Waals surface area contributed by atoms with Gasteiger partial charge in [-0.15, -0.1) is 0 Å². The lowest BCUT2D eigenvalue weighted by Crippen LogP contribution is -3.14. The van der Waals surface area contributed by atoms with E-state index in [1.807, 2.05) is 0 Å². The number of piperidine rings is 1. The van der Waals surface area contributed by atoms with Gasteiger partial charge in [0.05, 0.1) is 18.0 Å². The van der Waals surface area contributed by atoms with Gasteiger partial charge in [-0.1, -0.05) is 13.8 Å². The second-order valence-corrected chi connectivity index (χ2v) is 6.41. The van der Waals surface area contributed by atoms with Gasteiger partial charge < -0.3 is 9.64 Å². The number of quaternary nitrogens is 1. The summed E-state index contributed by atoms with van der Waals surface area (Å²) in [5.74, 6) is 2.28. The summed E-state index contributed by atoms with van der Waals surface area (Å²) in [6.07, 6.45) is 1.33. The van der Waals surface area contributed by atoms with Crippen LogP contribution in [0, 0.1) is 28.9 Å². The number of benzene rings is 1. The lowest BCUT2D eigenvalue weighted by Gasteiger charge is -2.31. The third kappa shape index (κ3) is 4.43. The molecule has 0 bridgehead atoms. The minimum atomic E-state index is -0.361. The average molecular weight is 293 g/mol. The average Bonchev–Trinajstić information content (AvgIpc) is 2.37. The quantitative estimate of drug-likeness (QED) is 0.666. The number of ether oxygens (including phenoxy) is 1. The molecule has 1 aromatic rings. The van der Waals surface area contributed by atoms with Crippen LogP contribution in [0.25, 0.3) is 0 Å². The van der Waals surface area contributed by atoms with E-state index in [4.69, 9.17) is 4.74 Å². The number of nitro benzene ring substituents is 1. The van der Waals surface area contributed by atoms with Crippen molar-refractivity contribution in [1.82, 2.24) is 0 Å². The fraction of sp³-hybridized carbons (Fsp3) is 0.625.